The third kappa shape index (κ3) is 4.11. The molecule has 0 fully saturated rings. The summed E-state index contributed by atoms with van der Waals surface area (Å²) in [6, 6.07) is 26.2. The number of hydrogen-bond acceptors (Lipinski definition) is 5. The molecule has 0 amide bonds. The zero-order valence-electron chi connectivity index (χ0n) is 19.4. The van der Waals surface area contributed by atoms with Crippen molar-refractivity contribution in [3.8, 4) is 22.6 Å². The average molecular weight is 461 g/mol. The van der Waals surface area contributed by atoms with Gasteiger partial charge in [-0.05, 0) is 53.5 Å². The molecule has 35 heavy (non-hydrogen) atoms. The molecule has 172 valence electrons. The molecule has 5 heteroatoms. The fourth-order valence-corrected chi connectivity index (χ4v) is 4.65. The van der Waals surface area contributed by atoms with Crippen molar-refractivity contribution in [2.45, 2.75) is 20.0 Å². The lowest BCUT2D eigenvalue weighted by molar-refractivity contribution is 0.0861. The molecule has 6 rings (SSSR count). The van der Waals surface area contributed by atoms with E-state index in [4.69, 9.17) is 9.47 Å². The first-order valence-corrected chi connectivity index (χ1v) is 11.7. The molecule has 2 aliphatic heterocycles. The molecule has 0 radical (unpaired) electrons. The second-order valence-electron chi connectivity index (χ2n) is 8.88. The van der Waals surface area contributed by atoms with Gasteiger partial charge in [-0.15, -0.1) is 0 Å². The zero-order chi connectivity index (χ0) is 23.8. The van der Waals surface area contributed by atoms with Gasteiger partial charge in [0.05, 0.1) is 16.8 Å². The van der Waals surface area contributed by atoms with E-state index in [1.165, 1.54) is 0 Å². The molecule has 0 aliphatic carbocycles. The molecule has 0 atom stereocenters. The Morgan fingerprint density at radius 2 is 1.74 bits per heavy atom. The van der Waals surface area contributed by atoms with Gasteiger partial charge >= 0.3 is 0 Å². The van der Waals surface area contributed by atoms with Crippen LogP contribution in [-0.2, 0) is 13.1 Å². The first-order valence-electron chi connectivity index (χ1n) is 11.7. The molecule has 0 saturated heterocycles. The maximum atomic E-state index is 13.3. The second kappa shape index (κ2) is 8.85. The molecule has 1 aromatic heterocycles. The number of carbonyl (C=O) groups excluding carboxylic acids is 1. The van der Waals surface area contributed by atoms with E-state index in [-0.39, 0.29) is 5.78 Å². The van der Waals surface area contributed by atoms with Crippen LogP contribution in [0.5, 0.6) is 11.5 Å². The topological polar surface area (TPSA) is 51.7 Å². The number of carbonyl (C=O) groups is 1. The summed E-state index contributed by atoms with van der Waals surface area (Å²) in [6.07, 6.45) is 3.61. The smallest absolute Gasteiger partial charge is 0.232 e. The van der Waals surface area contributed by atoms with E-state index < -0.39 is 0 Å². The van der Waals surface area contributed by atoms with Crippen molar-refractivity contribution < 1.29 is 14.3 Å². The molecule has 0 saturated carbocycles. The van der Waals surface area contributed by atoms with Crippen molar-refractivity contribution in [1.29, 1.82) is 0 Å². The van der Waals surface area contributed by atoms with Crippen molar-refractivity contribution >= 4 is 11.9 Å². The van der Waals surface area contributed by atoms with Crippen molar-refractivity contribution in [3.63, 3.8) is 0 Å². The van der Waals surface area contributed by atoms with E-state index in [0.29, 0.717) is 36.9 Å². The van der Waals surface area contributed by atoms with Gasteiger partial charge in [-0.3, -0.25) is 14.7 Å². The van der Waals surface area contributed by atoms with Gasteiger partial charge in [0.2, 0.25) is 5.78 Å². The lowest BCUT2D eigenvalue weighted by Gasteiger charge is -2.29. The standard InChI is InChI=1S/C30H24N2O3/c1-20-15-26-25(18-32(19-34-26)17-24-9-5-6-14-31-24)30-28(20)29(33)27(35-30)16-21-10-12-23(13-11-21)22-7-3-2-4-8-22/h2-16H,17-19H2,1H3/b27-16-. The normalized spacial score (nSPS) is 15.9. The predicted molar refractivity (Wildman–Crippen MR) is 135 cm³/mol. The van der Waals surface area contributed by atoms with E-state index in [0.717, 1.165) is 39.3 Å². The summed E-state index contributed by atoms with van der Waals surface area (Å²) >= 11 is 0. The highest BCUT2D eigenvalue weighted by Gasteiger charge is 2.35. The van der Waals surface area contributed by atoms with Gasteiger partial charge in [-0.2, -0.15) is 0 Å². The molecule has 2 aliphatic rings. The van der Waals surface area contributed by atoms with Crippen molar-refractivity contribution in [1.82, 2.24) is 9.88 Å². The van der Waals surface area contributed by atoms with Crippen LogP contribution in [0.3, 0.4) is 0 Å². The van der Waals surface area contributed by atoms with E-state index in [1.807, 2.05) is 67.6 Å². The SMILES string of the molecule is Cc1cc2c(c3c1C(=O)/C(=C/c1ccc(-c4ccccc4)cc1)O3)CN(Cc1ccccn1)CO2. The lowest BCUT2D eigenvalue weighted by Crippen LogP contribution is -2.32. The number of benzene rings is 3. The highest BCUT2D eigenvalue weighted by Crippen LogP contribution is 2.44. The number of ketones is 1. The predicted octanol–water partition coefficient (Wildman–Crippen LogP) is 6.03. The Morgan fingerprint density at radius 1 is 0.971 bits per heavy atom. The quantitative estimate of drug-likeness (QED) is 0.348. The molecule has 4 aromatic rings. The van der Waals surface area contributed by atoms with Gasteiger partial charge in [0, 0.05) is 19.3 Å². The Balaban J connectivity index is 1.28. The summed E-state index contributed by atoms with van der Waals surface area (Å²) in [4.78, 5) is 19.9. The second-order valence-corrected chi connectivity index (χ2v) is 8.88. The number of ether oxygens (including phenoxy) is 2. The maximum absolute atomic E-state index is 13.3. The van der Waals surface area contributed by atoms with Gasteiger partial charge in [0.15, 0.2) is 5.76 Å². The summed E-state index contributed by atoms with van der Waals surface area (Å²) in [6.45, 7) is 3.68. The van der Waals surface area contributed by atoms with Gasteiger partial charge in [0.1, 0.15) is 18.2 Å². The third-order valence-electron chi connectivity index (χ3n) is 6.42. The van der Waals surface area contributed by atoms with Gasteiger partial charge < -0.3 is 9.47 Å². The number of rotatable bonds is 4. The molecule has 0 unspecified atom stereocenters. The fraction of sp³-hybridized carbons (Fsp3) is 0.133. The number of allylic oxidation sites excluding steroid dienone is 1. The first-order chi connectivity index (χ1) is 17.2. The summed E-state index contributed by atoms with van der Waals surface area (Å²) in [5.74, 6) is 1.64. The Labute approximate surface area is 204 Å². The van der Waals surface area contributed by atoms with Crippen molar-refractivity contribution in [2.75, 3.05) is 6.73 Å². The van der Waals surface area contributed by atoms with Crippen LogP contribution in [0.2, 0.25) is 0 Å². The van der Waals surface area contributed by atoms with E-state index in [9.17, 15) is 4.79 Å². The molecule has 3 heterocycles. The van der Waals surface area contributed by atoms with E-state index in [2.05, 4.69) is 34.1 Å². The zero-order valence-corrected chi connectivity index (χ0v) is 19.4. The van der Waals surface area contributed by atoms with E-state index in [1.54, 1.807) is 6.20 Å². The summed E-state index contributed by atoms with van der Waals surface area (Å²) < 4.78 is 12.3. The van der Waals surface area contributed by atoms with Gasteiger partial charge in [-0.25, -0.2) is 0 Å². The molecule has 3 aromatic carbocycles. The number of pyridine rings is 1. The fourth-order valence-electron chi connectivity index (χ4n) is 4.65. The van der Waals surface area contributed by atoms with E-state index >= 15 is 0 Å². The minimum absolute atomic E-state index is 0.0886. The van der Waals surface area contributed by atoms with Crippen molar-refractivity contribution in [2.24, 2.45) is 0 Å². The van der Waals surface area contributed by atoms with Crippen LogP contribution in [0.4, 0.5) is 0 Å². The molecule has 5 nitrogen and oxygen atoms in total. The first kappa shape index (κ1) is 21.3. The number of nitrogens with zero attached hydrogens (tertiary/aromatic N) is 2. The summed E-state index contributed by atoms with van der Waals surface area (Å²) in [5, 5.41) is 0. The lowest BCUT2D eigenvalue weighted by atomic mass is 9.98. The Hall–Kier alpha value is -4.22. The number of Topliss-reactive ketones (excluding diaryl/α,β-unsaturated/α-hetero) is 1. The Bertz CT molecular complexity index is 1430. The van der Waals surface area contributed by atoms with Crippen LogP contribution in [0.1, 0.15) is 32.7 Å². The van der Waals surface area contributed by atoms with Crippen LogP contribution < -0.4 is 9.47 Å². The largest absolute Gasteiger partial charge is 0.478 e. The number of aryl methyl sites for hydroxylation is 1. The minimum atomic E-state index is -0.0886. The summed E-state index contributed by atoms with van der Waals surface area (Å²) in [7, 11) is 0. The Morgan fingerprint density at radius 3 is 2.51 bits per heavy atom. The van der Waals surface area contributed by atoms with Crippen molar-refractivity contribution in [3.05, 3.63) is 119 Å². The summed E-state index contributed by atoms with van der Waals surface area (Å²) in [5.41, 5.74) is 6.57. The van der Waals surface area contributed by atoms with Crippen LogP contribution in [0, 0.1) is 6.92 Å². The highest BCUT2D eigenvalue weighted by atomic mass is 16.5. The molecular weight excluding hydrogens is 436 g/mol. The van der Waals surface area contributed by atoms with Crippen LogP contribution >= 0.6 is 0 Å². The van der Waals surface area contributed by atoms with Crippen LogP contribution in [-0.4, -0.2) is 22.4 Å². The molecule has 0 spiro atoms. The monoisotopic (exact) mass is 460 g/mol. The number of aromatic nitrogens is 1. The number of fused-ring (bicyclic) bond motifs is 3. The highest BCUT2D eigenvalue weighted by molar-refractivity contribution is 6.15. The van der Waals surface area contributed by atoms with Crippen LogP contribution in [0.15, 0.2) is 90.8 Å². The van der Waals surface area contributed by atoms with Gasteiger partial charge in [-0.1, -0.05) is 60.7 Å². The minimum Gasteiger partial charge on any atom is -0.478 e. The Kier molecular flexibility index (Phi) is 5.39. The van der Waals surface area contributed by atoms with Crippen LogP contribution in [0.25, 0.3) is 17.2 Å². The molecule has 0 N–H and O–H groups in total. The molecule has 0 bridgehead atoms. The number of hydrogen-bond donors (Lipinski definition) is 0. The van der Waals surface area contributed by atoms with Gasteiger partial charge in [0.25, 0.3) is 0 Å². The third-order valence-corrected chi connectivity index (χ3v) is 6.42. The average Bonchev–Trinajstić information content (AvgIpc) is 3.23. The molecular formula is C30H24N2O3. The maximum Gasteiger partial charge on any atom is 0.232 e.